The molecular formula is C20H27N5O6. The van der Waals surface area contributed by atoms with Gasteiger partial charge in [0.05, 0.1) is 18.2 Å². The Balaban J connectivity index is 0.000000366. The number of aromatic amines is 1. The number of fused-ring (bicyclic) bond motifs is 1. The number of methoxy groups -OCH3 is 1. The summed E-state index contributed by atoms with van der Waals surface area (Å²) in [4.78, 5) is 34.2. The number of carbonyl (C=O) groups excluding carboxylic acids is 1. The van der Waals surface area contributed by atoms with Crippen molar-refractivity contribution in [3.05, 3.63) is 29.8 Å². The molecule has 0 radical (unpaired) electrons. The number of ether oxygens (including phenoxy) is 1. The minimum Gasteiger partial charge on any atom is -0.496 e. The van der Waals surface area contributed by atoms with Crippen LogP contribution in [0.15, 0.2) is 24.3 Å². The lowest BCUT2D eigenvalue weighted by atomic mass is 10.1. The molecule has 1 fully saturated rings. The van der Waals surface area contributed by atoms with Crippen molar-refractivity contribution in [2.45, 2.75) is 32.2 Å². The minimum absolute atomic E-state index is 0.110. The third-order valence-electron chi connectivity index (χ3n) is 4.80. The number of likely N-dealkylation sites (tertiary alicyclic amines) is 1. The predicted molar refractivity (Wildman–Crippen MR) is 112 cm³/mol. The van der Waals surface area contributed by atoms with Crippen LogP contribution in [0.1, 0.15) is 36.5 Å². The molecule has 1 amide bonds. The van der Waals surface area contributed by atoms with E-state index in [2.05, 4.69) is 32.6 Å². The van der Waals surface area contributed by atoms with E-state index in [4.69, 9.17) is 14.9 Å². The molecular weight excluding hydrogens is 406 g/mol. The lowest BCUT2D eigenvalue weighted by Gasteiger charge is -2.23. The highest BCUT2D eigenvalue weighted by Gasteiger charge is 2.22. The summed E-state index contributed by atoms with van der Waals surface area (Å²) < 4.78 is 5.35. The number of aromatic nitrogens is 3. The summed E-state index contributed by atoms with van der Waals surface area (Å²) >= 11 is 0. The first-order valence-electron chi connectivity index (χ1n) is 9.90. The van der Waals surface area contributed by atoms with Crippen molar-refractivity contribution in [1.29, 1.82) is 0 Å². The van der Waals surface area contributed by atoms with E-state index < -0.39 is 11.9 Å². The SMILES string of the molecule is CCN1CCCC[C@@H](NC(=O)c2cc3[nH]nnc3cc2OC)C1.O=C(O)/C=C/C(=O)O. The third-order valence-corrected chi connectivity index (χ3v) is 4.80. The molecule has 168 valence electrons. The molecule has 0 aliphatic carbocycles. The Morgan fingerprint density at radius 2 is 1.97 bits per heavy atom. The Morgan fingerprint density at radius 3 is 2.58 bits per heavy atom. The lowest BCUT2D eigenvalue weighted by Crippen LogP contribution is -2.42. The van der Waals surface area contributed by atoms with Crippen molar-refractivity contribution in [1.82, 2.24) is 25.6 Å². The van der Waals surface area contributed by atoms with Gasteiger partial charge in [-0.05, 0) is 32.0 Å². The molecule has 0 bridgehead atoms. The van der Waals surface area contributed by atoms with E-state index in [0.717, 1.165) is 38.0 Å². The van der Waals surface area contributed by atoms with Gasteiger partial charge in [0.2, 0.25) is 0 Å². The first-order chi connectivity index (χ1) is 14.8. The number of likely N-dealkylation sites (N-methyl/N-ethyl adjacent to an activating group) is 1. The van der Waals surface area contributed by atoms with E-state index in [9.17, 15) is 14.4 Å². The van der Waals surface area contributed by atoms with Crippen molar-refractivity contribution >= 4 is 28.9 Å². The number of amides is 1. The minimum atomic E-state index is -1.26. The van der Waals surface area contributed by atoms with E-state index in [1.54, 1.807) is 19.2 Å². The Morgan fingerprint density at radius 1 is 1.26 bits per heavy atom. The molecule has 1 aromatic carbocycles. The van der Waals surface area contributed by atoms with Gasteiger partial charge in [-0.25, -0.2) is 9.59 Å². The van der Waals surface area contributed by atoms with Gasteiger partial charge < -0.3 is 25.2 Å². The van der Waals surface area contributed by atoms with Crippen molar-refractivity contribution in [2.24, 2.45) is 0 Å². The van der Waals surface area contributed by atoms with Crippen LogP contribution in [0.25, 0.3) is 11.0 Å². The van der Waals surface area contributed by atoms with Gasteiger partial charge >= 0.3 is 11.9 Å². The summed E-state index contributed by atoms with van der Waals surface area (Å²) in [6, 6.07) is 3.65. The number of hydrogen-bond donors (Lipinski definition) is 4. The van der Waals surface area contributed by atoms with Crippen molar-refractivity contribution < 1.29 is 29.3 Å². The van der Waals surface area contributed by atoms with Crippen LogP contribution >= 0.6 is 0 Å². The highest BCUT2D eigenvalue weighted by Crippen LogP contribution is 2.24. The fraction of sp³-hybridized carbons (Fsp3) is 0.450. The monoisotopic (exact) mass is 433 g/mol. The van der Waals surface area contributed by atoms with Crippen LogP contribution < -0.4 is 10.1 Å². The maximum absolute atomic E-state index is 12.7. The van der Waals surface area contributed by atoms with Gasteiger partial charge in [-0.3, -0.25) is 9.89 Å². The van der Waals surface area contributed by atoms with Gasteiger partial charge in [-0.15, -0.1) is 5.10 Å². The van der Waals surface area contributed by atoms with Crippen LogP contribution in [-0.2, 0) is 9.59 Å². The second-order valence-electron chi connectivity index (χ2n) is 6.95. The standard InChI is InChI=1S/C16H23N5O2.C4H4O4/c1-3-21-7-5-4-6-11(10-21)17-16(22)12-8-13-14(19-20-18-13)9-15(12)23-2;5-3(6)1-2-4(7)8/h8-9,11H,3-7,10H2,1-2H3,(H,17,22)(H,18,19,20);1-2H,(H,5,6)(H,7,8)/b;2-1+/t11-;/m1./s1. The molecule has 11 nitrogen and oxygen atoms in total. The Kier molecular flexibility index (Phi) is 8.94. The van der Waals surface area contributed by atoms with E-state index in [-0.39, 0.29) is 11.9 Å². The summed E-state index contributed by atoms with van der Waals surface area (Å²) in [5.74, 6) is -2.11. The predicted octanol–water partition coefficient (Wildman–Crippen LogP) is 1.28. The van der Waals surface area contributed by atoms with Gasteiger partial charge in [0.15, 0.2) is 0 Å². The van der Waals surface area contributed by atoms with E-state index in [1.807, 2.05) is 0 Å². The maximum atomic E-state index is 12.7. The molecule has 11 heteroatoms. The largest absolute Gasteiger partial charge is 0.496 e. The third kappa shape index (κ3) is 7.37. The molecule has 3 rings (SSSR count). The summed E-state index contributed by atoms with van der Waals surface area (Å²) in [5.41, 5.74) is 1.93. The molecule has 1 aromatic heterocycles. The number of nitrogens with one attached hydrogen (secondary N) is 2. The first kappa shape index (κ1) is 23.8. The molecule has 0 unspecified atom stereocenters. The average molecular weight is 433 g/mol. The zero-order chi connectivity index (χ0) is 22.8. The normalized spacial score (nSPS) is 16.9. The second-order valence-corrected chi connectivity index (χ2v) is 6.95. The Labute approximate surface area is 179 Å². The fourth-order valence-corrected chi connectivity index (χ4v) is 3.25. The van der Waals surface area contributed by atoms with Crippen LogP contribution in [0.2, 0.25) is 0 Å². The molecule has 31 heavy (non-hydrogen) atoms. The average Bonchev–Trinajstić information content (AvgIpc) is 3.08. The quantitative estimate of drug-likeness (QED) is 0.492. The van der Waals surface area contributed by atoms with Gasteiger partial charge in [0.1, 0.15) is 11.3 Å². The van der Waals surface area contributed by atoms with Gasteiger partial charge in [0, 0.05) is 30.8 Å². The van der Waals surface area contributed by atoms with E-state index in [0.29, 0.717) is 29.0 Å². The van der Waals surface area contributed by atoms with Crippen LogP contribution in [0, 0.1) is 0 Å². The Bertz CT molecular complexity index is 925. The maximum Gasteiger partial charge on any atom is 0.328 e. The molecule has 1 aliphatic heterocycles. The second kappa shape index (κ2) is 11.6. The van der Waals surface area contributed by atoms with Crippen LogP contribution in [-0.4, -0.2) is 81.2 Å². The smallest absolute Gasteiger partial charge is 0.328 e. The number of aliphatic carboxylic acids is 2. The highest BCUT2D eigenvalue weighted by molar-refractivity contribution is 6.00. The summed E-state index contributed by atoms with van der Waals surface area (Å²) in [6.07, 6.45) is 4.46. The summed E-state index contributed by atoms with van der Waals surface area (Å²) in [7, 11) is 1.56. The number of hydrogen-bond acceptors (Lipinski definition) is 7. The molecule has 0 saturated carbocycles. The zero-order valence-electron chi connectivity index (χ0n) is 17.5. The molecule has 1 saturated heterocycles. The summed E-state index contributed by atoms with van der Waals surface area (Å²) in [5, 5.41) is 29.3. The molecule has 2 heterocycles. The number of carboxylic acid groups (broad SMARTS) is 2. The summed E-state index contributed by atoms with van der Waals surface area (Å²) in [6.45, 7) is 5.18. The number of benzene rings is 1. The number of rotatable bonds is 6. The number of carbonyl (C=O) groups is 3. The number of nitrogens with zero attached hydrogens (tertiary/aromatic N) is 3. The lowest BCUT2D eigenvalue weighted by molar-refractivity contribution is -0.134. The van der Waals surface area contributed by atoms with Crippen LogP contribution in [0.5, 0.6) is 5.75 Å². The van der Waals surface area contributed by atoms with Crippen molar-refractivity contribution in [2.75, 3.05) is 26.7 Å². The molecule has 0 spiro atoms. The molecule has 2 aromatic rings. The van der Waals surface area contributed by atoms with Gasteiger partial charge in [-0.2, -0.15) is 0 Å². The van der Waals surface area contributed by atoms with Gasteiger partial charge in [0.25, 0.3) is 5.91 Å². The van der Waals surface area contributed by atoms with Crippen LogP contribution in [0.4, 0.5) is 0 Å². The van der Waals surface area contributed by atoms with Crippen LogP contribution in [0.3, 0.4) is 0 Å². The molecule has 4 N–H and O–H groups in total. The van der Waals surface area contributed by atoms with E-state index in [1.165, 1.54) is 6.42 Å². The number of H-pyrrole nitrogens is 1. The topological polar surface area (TPSA) is 158 Å². The first-order valence-corrected chi connectivity index (χ1v) is 9.90. The fourth-order valence-electron chi connectivity index (χ4n) is 3.25. The zero-order valence-corrected chi connectivity index (χ0v) is 17.5. The highest BCUT2D eigenvalue weighted by atomic mass is 16.5. The number of carboxylic acids is 2. The molecule has 1 atom stereocenters. The van der Waals surface area contributed by atoms with Crippen molar-refractivity contribution in [3.63, 3.8) is 0 Å². The van der Waals surface area contributed by atoms with Crippen molar-refractivity contribution in [3.8, 4) is 5.75 Å². The van der Waals surface area contributed by atoms with E-state index >= 15 is 0 Å². The molecule has 1 aliphatic rings. The Hall–Kier alpha value is -3.47. The van der Waals surface area contributed by atoms with Gasteiger partial charge in [-0.1, -0.05) is 18.6 Å².